The summed E-state index contributed by atoms with van der Waals surface area (Å²) >= 11 is 6.75. The van der Waals surface area contributed by atoms with E-state index < -0.39 is 17.9 Å². The highest BCUT2D eigenvalue weighted by Crippen LogP contribution is 2.45. The van der Waals surface area contributed by atoms with Gasteiger partial charge in [0.2, 0.25) is 0 Å². The van der Waals surface area contributed by atoms with Gasteiger partial charge in [0, 0.05) is 13.1 Å². The molecule has 6 nitrogen and oxygen atoms in total. The van der Waals surface area contributed by atoms with Crippen LogP contribution in [0.1, 0.15) is 38.3 Å². The molecule has 0 saturated carbocycles. The SMILES string of the molecule is COc1ccc(N(CCC(C)C)C(=O)N2c3ccccc3N(Cc3ccccc3C(F)(F)F)C2C)c(Cl)c1OC. The molecule has 0 aromatic heterocycles. The van der Waals surface area contributed by atoms with Crippen molar-refractivity contribution in [1.82, 2.24) is 0 Å². The maximum absolute atomic E-state index is 14.4. The number of ether oxygens (including phenoxy) is 2. The van der Waals surface area contributed by atoms with Crippen LogP contribution in [0, 0.1) is 5.92 Å². The van der Waals surface area contributed by atoms with Gasteiger partial charge in [0.1, 0.15) is 11.2 Å². The number of benzene rings is 3. The van der Waals surface area contributed by atoms with E-state index in [1.165, 1.54) is 26.4 Å². The largest absolute Gasteiger partial charge is 0.493 e. The third-order valence-electron chi connectivity index (χ3n) is 7.06. The quantitative estimate of drug-likeness (QED) is 0.271. The molecule has 4 rings (SSSR count). The Bertz CT molecular complexity index is 1370. The first-order valence-corrected chi connectivity index (χ1v) is 13.4. The van der Waals surface area contributed by atoms with E-state index in [9.17, 15) is 18.0 Å². The fraction of sp³-hybridized carbons (Fsp3) is 0.367. The lowest BCUT2D eigenvalue weighted by molar-refractivity contribution is -0.138. The van der Waals surface area contributed by atoms with Gasteiger partial charge in [0.15, 0.2) is 11.5 Å². The number of halogens is 4. The molecule has 0 saturated heterocycles. The van der Waals surface area contributed by atoms with Gasteiger partial charge in [-0.2, -0.15) is 13.2 Å². The van der Waals surface area contributed by atoms with Crippen LogP contribution < -0.4 is 24.2 Å². The summed E-state index contributed by atoms with van der Waals surface area (Å²) in [5, 5.41) is 0.232. The fourth-order valence-electron chi connectivity index (χ4n) is 4.97. The van der Waals surface area contributed by atoms with E-state index in [0.29, 0.717) is 47.4 Å². The van der Waals surface area contributed by atoms with Crippen molar-refractivity contribution in [2.75, 3.05) is 35.5 Å². The number of rotatable bonds is 8. The minimum atomic E-state index is -4.49. The van der Waals surface area contributed by atoms with Crippen LogP contribution in [0.15, 0.2) is 60.7 Å². The molecule has 0 bridgehead atoms. The van der Waals surface area contributed by atoms with Crippen molar-refractivity contribution < 1.29 is 27.4 Å². The molecule has 3 aromatic carbocycles. The van der Waals surface area contributed by atoms with E-state index in [4.69, 9.17) is 21.1 Å². The Morgan fingerprint density at radius 1 is 1.00 bits per heavy atom. The second-order valence-corrected chi connectivity index (χ2v) is 10.4. The van der Waals surface area contributed by atoms with Crippen molar-refractivity contribution in [3.63, 3.8) is 0 Å². The van der Waals surface area contributed by atoms with E-state index in [0.717, 1.165) is 6.07 Å². The molecule has 0 radical (unpaired) electrons. The Morgan fingerprint density at radius 2 is 1.65 bits per heavy atom. The molecule has 0 N–H and O–H groups in total. The van der Waals surface area contributed by atoms with Crippen molar-refractivity contribution in [3.8, 4) is 11.5 Å². The highest BCUT2D eigenvalue weighted by molar-refractivity contribution is 6.35. The molecular weight excluding hydrogens is 543 g/mol. The second-order valence-electron chi connectivity index (χ2n) is 10.0. The van der Waals surface area contributed by atoms with Crippen molar-refractivity contribution in [2.45, 2.75) is 46.1 Å². The lowest BCUT2D eigenvalue weighted by Gasteiger charge is -2.34. The summed E-state index contributed by atoms with van der Waals surface area (Å²) in [5.41, 5.74) is 1.17. The van der Waals surface area contributed by atoms with Crippen molar-refractivity contribution in [1.29, 1.82) is 0 Å². The van der Waals surface area contributed by atoms with Crippen LogP contribution in [0.5, 0.6) is 11.5 Å². The summed E-state index contributed by atoms with van der Waals surface area (Å²) in [4.78, 5) is 19.4. The van der Waals surface area contributed by atoms with Crippen LogP contribution in [-0.4, -0.2) is 33.0 Å². The number of para-hydroxylation sites is 2. The Labute approximate surface area is 237 Å². The number of hydrogen-bond donors (Lipinski definition) is 0. The summed E-state index contributed by atoms with van der Waals surface area (Å²) < 4.78 is 52.2. The molecule has 1 atom stereocenters. The molecule has 0 fully saturated rings. The molecule has 1 aliphatic heterocycles. The van der Waals surface area contributed by atoms with E-state index in [2.05, 4.69) is 13.8 Å². The van der Waals surface area contributed by atoms with Crippen LogP contribution in [-0.2, 0) is 12.7 Å². The van der Waals surface area contributed by atoms with Crippen molar-refractivity contribution in [3.05, 3.63) is 76.8 Å². The molecule has 0 spiro atoms. The summed E-state index contributed by atoms with van der Waals surface area (Å²) in [6, 6.07) is 15.8. The van der Waals surface area contributed by atoms with Gasteiger partial charge in [-0.1, -0.05) is 55.8 Å². The summed E-state index contributed by atoms with van der Waals surface area (Å²) in [6.45, 7) is 6.28. The van der Waals surface area contributed by atoms with E-state index in [-0.39, 0.29) is 23.2 Å². The van der Waals surface area contributed by atoms with Crippen LogP contribution in [0.25, 0.3) is 0 Å². The van der Waals surface area contributed by atoms with Crippen LogP contribution in [0.3, 0.4) is 0 Å². The number of anilines is 3. The minimum absolute atomic E-state index is 0.0270. The molecule has 1 unspecified atom stereocenters. The fourth-order valence-corrected chi connectivity index (χ4v) is 5.31. The molecule has 40 heavy (non-hydrogen) atoms. The van der Waals surface area contributed by atoms with Gasteiger partial charge in [-0.05, 0) is 55.2 Å². The predicted octanol–water partition coefficient (Wildman–Crippen LogP) is 8.22. The first-order valence-electron chi connectivity index (χ1n) is 13.0. The average molecular weight is 576 g/mol. The first kappa shape index (κ1) is 29.4. The lowest BCUT2D eigenvalue weighted by atomic mass is 10.1. The number of carbonyl (C=O) groups is 1. The second kappa shape index (κ2) is 11.9. The zero-order valence-electron chi connectivity index (χ0n) is 23.1. The molecule has 10 heteroatoms. The smallest absolute Gasteiger partial charge is 0.416 e. The normalized spacial score (nSPS) is 14.9. The molecular formula is C30H33ClF3N3O3. The van der Waals surface area contributed by atoms with E-state index >= 15 is 0 Å². The highest BCUT2D eigenvalue weighted by Gasteiger charge is 2.41. The minimum Gasteiger partial charge on any atom is -0.493 e. The number of methoxy groups -OCH3 is 2. The molecule has 1 heterocycles. The van der Waals surface area contributed by atoms with Crippen LogP contribution >= 0.6 is 11.6 Å². The van der Waals surface area contributed by atoms with Gasteiger partial charge in [-0.15, -0.1) is 0 Å². The topological polar surface area (TPSA) is 45.2 Å². The number of alkyl halides is 3. The number of urea groups is 1. The molecule has 0 aliphatic carbocycles. The third-order valence-corrected chi connectivity index (χ3v) is 7.43. The Kier molecular flexibility index (Phi) is 8.73. The average Bonchev–Trinajstić information content (AvgIpc) is 3.19. The van der Waals surface area contributed by atoms with Crippen molar-refractivity contribution >= 4 is 34.7 Å². The predicted molar refractivity (Wildman–Crippen MR) is 153 cm³/mol. The number of amides is 2. The maximum Gasteiger partial charge on any atom is 0.416 e. The van der Waals surface area contributed by atoms with E-state index in [1.54, 1.807) is 40.1 Å². The van der Waals surface area contributed by atoms with Gasteiger partial charge in [0.25, 0.3) is 0 Å². The molecule has 1 aliphatic rings. The third kappa shape index (κ3) is 5.66. The molecule has 2 amide bonds. The zero-order chi connectivity index (χ0) is 29.2. The lowest BCUT2D eigenvalue weighted by Crippen LogP contribution is -2.50. The summed E-state index contributed by atoms with van der Waals surface area (Å²) in [5.74, 6) is 1.04. The zero-order valence-corrected chi connectivity index (χ0v) is 23.9. The van der Waals surface area contributed by atoms with Crippen molar-refractivity contribution in [2.24, 2.45) is 5.92 Å². The van der Waals surface area contributed by atoms with Gasteiger partial charge >= 0.3 is 12.2 Å². The molecule has 3 aromatic rings. The monoisotopic (exact) mass is 575 g/mol. The van der Waals surface area contributed by atoms with Crippen LogP contribution in [0.2, 0.25) is 5.02 Å². The Morgan fingerprint density at radius 3 is 2.27 bits per heavy atom. The van der Waals surface area contributed by atoms with Crippen LogP contribution in [0.4, 0.5) is 35.0 Å². The first-order chi connectivity index (χ1) is 19.0. The number of nitrogens with zero attached hydrogens (tertiary/aromatic N) is 3. The Balaban J connectivity index is 1.76. The van der Waals surface area contributed by atoms with Gasteiger partial charge in [0.05, 0.1) is 36.8 Å². The standard InChI is InChI=1S/C30H33ClF3N3O3/c1-19(2)16-17-35(25-14-15-26(39-4)28(40-5)27(25)31)29(38)37-20(3)36(23-12-8-9-13-24(23)37)18-21-10-6-7-11-22(21)30(32,33)34/h6-15,19-20H,16-18H2,1-5H3. The number of hydrogen-bond acceptors (Lipinski definition) is 4. The van der Waals surface area contributed by atoms with E-state index in [1.807, 2.05) is 24.0 Å². The number of fused-ring (bicyclic) bond motifs is 1. The van der Waals surface area contributed by atoms with Gasteiger partial charge in [-0.3, -0.25) is 9.80 Å². The Hall–Kier alpha value is -3.59. The number of carbonyl (C=O) groups excluding carboxylic acids is 1. The summed E-state index contributed by atoms with van der Waals surface area (Å²) in [7, 11) is 2.98. The maximum atomic E-state index is 14.4. The summed E-state index contributed by atoms with van der Waals surface area (Å²) in [6.07, 6.45) is -4.37. The molecule has 214 valence electrons. The van der Waals surface area contributed by atoms with Gasteiger partial charge in [-0.25, -0.2) is 4.79 Å². The van der Waals surface area contributed by atoms with Gasteiger partial charge < -0.3 is 14.4 Å². The highest BCUT2D eigenvalue weighted by atomic mass is 35.5.